The first kappa shape index (κ1) is 39.4. The topological polar surface area (TPSA) is 175 Å². The van der Waals surface area contributed by atoms with Crippen LogP contribution in [0.4, 0.5) is 0 Å². The molecule has 11 heteroatoms. The number of carbonyl (C=O) groups excluding carboxylic acids is 3. The zero-order valence-electron chi connectivity index (χ0n) is 29.1. The van der Waals surface area contributed by atoms with Crippen molar-refractivity contribution in [1.82, 2.24) is 10.6 Å². The van der Waals surface area contributed by atoms with Crippen molar-refractivity contribution in [2.75, 3.05) is 33.4 Å². The molecule has 11 nitrogen and oxygen atoms in total. The highest BCUT2D eigenvalue weighted by molar-refractivity contribution is 5.96. The molecule has 1 aromatic carbocycles. The molecule has 0 radical (unpaired) electrons. The third kappa shape index (κ3) is 12.1. The van der Waals surface area contributed by atoms with Gasteiger partial charge in [-0.05, 0) is 67.9 Å². The zero-order valence-corrected chi connectivity index (χ0v) is 29.1. The first-order chi connectivity index (χ1) is 21.7. The lowest BCUT2D eigenvalue weighted by Gasteiger charge is -2.38. The van der Waals surface area contributed by atoms with Crippen LogP contribution in [0.3, 0.4) is 0 Å². The molecule has 1 saturated carbocycles. The second kappa shape index (κ2) is 19.2. The number of nitrogens with one attached hydrogen (secondary N) is 2. The van der Waals surface area contributed by atoms with Gasteiger partial charge in [0, 0.05) is 44.7 Å². The third-order valence-electron chi connectivity index (χ3n) is 9.44. The summed E-state index contributed by atoms with van der Waals surface area (Å²) in [4.78, 5) is 38.6. The monoisotopic (exact) mass is 648 g/mol. The molecule has 1 aliphatic carbocycles. The van der Waals surface area contributed by atoms with Gasteiger partial charge in [0.15, 0.2) is 0 Å². The predicted octanol–water partition coefficient (Wildman–Crippen LogP) is 3.41. The second-order valence-electron chi connectivity index (χ2n) is 14.0. The van der Waals surface area contributed by atoms with E-state index in [1.165, 1.54) is 0 Å². The molecule has 7 N–H and O–H groups in total. The lowest BCUT2D eigenvalue weighted by atomic mass is 9.70. The Morgan fingerprint density at radius 1 is 0.957 bits per heavy atom. The molecule has 0 saturated heterocycles. The van der Waals surface area contributed by atoms with Crippen molar-refractivity contribution >= 4 is 17.8 Å². The van der Waals surface area contributed by atoms with Crippen molar-refractivity contribution in [3.8, 4) is 5.75 Å². The molecule has 1 fully saturated rings. The number of rotatable bonds is 19. The summed E-state index contributed by atoms with van der Waals surface area (Å²) in [5.41, 5.74) is 12.1. The fourth-order valence-electron chi connectivity index (χ4n) is 5.76. The van der Waals surface area contributed by atoms with Gasteiger partial charge in [-0.2, -0.15) is 0 Å². The number of methoxy groups -OCH3 is 1. The van der Waals surface area contributed by atoms with E-state index in [9.17, 15) is 19.5 Å². The Morgan fingerprint density at radius 3 is 2.22 bits per heavy atom. The van der Waals surface area contributed by atoms with Crippen LogP contribution in [0.25, 0.3) is 0 Å². The maximum Gasteiger partial charge on any atom is 0.323 e. The molecule has 1 unspecified atom stereocenters. The molecule has 0 aliphatic heterocycles. The Balaban J connectivity index is 1.84. The summed E-state index contributed by atoms with van der Waals surface area (Å²) in [7, 11) is 1.64. The van der Waals surface area contributed by atoms with Crippen LogP contribution in [0.15, 0.2) is 24.3 Å². The largest absolute Gasteiger partial charge is 0.493 e. The number of carbonyl (C=O) groups is 3. The molecule has 2 amide bonds. The van der Waals surface area contributed by atoms with Crippen LogP contribution in [-0.4, -0.2) is 80.6 Å². The predicted molar refractivity (Wildman–Crippen MR) is 179 cm³/mol. The minimum absolute atomic E-state index is 0.00917. The van der Waals surface area contributed by atoms with E-state index in [-0.39, 0.29) is 54.1 Å². The van der Waals surface area contributed by atoms with Crippen LogP contribution in [-0.2, 0) is 19.1 Å². The summed E-state index contributed by atoms with van der Waals surface area (Å²) in [5, 5.41) is 16.8. The average Bonchev–Trinajstić information content (AvgIpc) is 3.03. The molecule has 0 spiro atoms. The van der Waals surface area contributed by atoms with Crippen molar-refractivity contribution in [3.05, 3.63) is 29.8 Å². The minimum Gasteiger partial charge on any atom is -0.493 e. The molecule has 46 heavy (non-hydrogen) atoms. The van der Waals surface area contributed by atoms with E-state index in [0.29, 0.717) is 56.8 Å². The second-order valence-corrected chi connectivity index (χ2v) is 14.0. The van der Waals surface area contributed by atoms with Gasteiger partial charge in [-0.1, -0.05) is 53.7 Å². The fourth-order valence-corrected chi connectivity index (χ4v) is 5.76. The highest BCUT2D eigenvalue weighted by Crippen LogP contribution is 2.39. The van der Waals surface area contributed by atoms with E-state index in [4.69, 9.17) is 25.7 Å². The lowest BCUT2D eigenvalue weighted by molar-refractivity contribution is -0.155. The number of para-hydroxylation sites is 1. The van der Waals surface area contributed by atoms with Gasteiger partial charge >= 0.3 is 5.97 Å². The molecule has 1 aromatic rings. The van der Waals surface area contributed by atoms with Gasteiger partial charge in [0.05, 0.1) is 18.3 Å². The van der Waals surface area contributed by atoms with Gasteiger partial charge in [-0.25, -0.2) is 0 Å². The quantitative estimate of drug-likeness (QED) is 0.111. The highest BCUT2D eigenvalue weighted by Gasteiger charge is 2.40. The van der Waals surface area contributed by atoms with E-state index in [1.54, 1.807) is 25.3 Å². The molecule has 0 bridgehead atoms. The molecule has 2 rings (SSSR count). The van der Waals surface area contributed by atoms with Crippen LogP contribution in [0.2, 0.25) is 0 Å². The number of nitrogens with two attached hydrogens (primary N) is 2. The molecule has 1 aliphatic rings. The summed E-state index contributed by atoms with van der Waals surface area (Å²) >= 11 is 0. The molecular formula is C35H60N4O7. The van der Waals surface area contributed by atoms with E-state index < -0.39 is 23.6 Å². The van der Waals surface area contributed by atoms with Gasteiger partial charge in [-0.15, -0.1) is 0 Å². The Kier molecular flexibility index (Phi) is 16.4. The number of aliphatic hydroxyl groups is 1. The summed E-state index contributed by atoms with van der Waals surface area (Å²) in [6.07, 6.45) is 2.94. The molecule has 4 atom stereocenters. The van der Waals surface area contributed by atoms with Crippen LogP contribution in [0, 0.1) is 29.1 Å². The van der Waals surface area contributed by atoms with Gasteiger partial charge in [-0.3, -0.25) is 14.4 Å². The van der Waals surface area contributed by atoms with Crippen LogP contribution < -0.4 is 26.8 Å². The van der Waals surface area contributed by atoms with Crippen molar-refractivity contribution < 1.29 is 33.7 Å². The smallest absolute Gasteiger partial charge is 0.323 e. The number of benzene rings is 1. The summed E-state index contributed by atoms with van der Waals surface area (Å²) < 4.78 is 16.5. The minimum atomic E-state index is -0.946. The third-order valence-corrected chi connectivity index (χ3v) is 9.44. The van der Waals surface area contributed by atoms with Gasteiger partial charge < -0.3 is 41.4 Å². The summed E-state index contributed by atoms with van der Waals surface area (Å²) in [6.45, 7) is 13.2. The van der Waals surface area contributed by atoms with Crippen LogP contribution in [0.5, 0.6) is 5.75 Å². The number of aliphatic hydroxyl groups excluding tert-OH is 1. The first-order valence-corrected chi connectivity index (χ1v) is 16.9. The van der Waals surface area contributed by atoms with Crippen molar-refractivity contribution in [1.29, 1.82) is 0 Å². The molecule has 0 heterocycles. The van der Waals surface area contributed by atoms with Crippen molar-refractivity contribution in [2.24, 2.45) is 40.6 Å². The summed E-state index contributed by atoms with van der Waals surface area (Å²) in [6, 6.07) is 5.91. The van der Waals surface area contributed by atoms with Gasteiger partial charge in [0.25, 0.3) is 5.91 Å². The normalized spacial score (nSPS) is 19.7. The molecule has 262 valence electrons. The average molecular weight is 649 g/mol. The lowest BCUT2D eigenvalue weighted by Crippen LogP contribution is -2.50. The van der Waals surface area contributed by atoms with Crippen molar-refractivity contribution in [3.63, 3.8) is 0 Å². The maximum atomic E-state index is 13.3. The number of ether oxygens (including phenoxy) is 3. The van der Waals surface area contributed by atoms with Crippen LogP contribution >= 0.6 is 0 Å². The Morgan fingerprint density at radius 2 is 1.61 bits per heavy atom. The Labute approximate surface area is 275 Å². The van der Waals surface area contributed by atoms with E-state index >= 15 is 0 Å². The Bertz CT molecular complexity index is 1090. The van der Waals surface area contributed by atoms with E-state index in [2.05, 4.69) is 24.5 Å². The number of hydrogen-bond acceptors (Lipinski definition) is 9. The van der Waals surface area contributed by atoms with Gasteiger partial charge in [0.2, 0.25) is 5.91 Å². The molecule has 0 aromatic heterocycles. The number of esters is 1. The fraction of sp³-hybridized carbons (Fsp3) is 0.743. The first-order valence-electron chi connectivity index (χ1n) is 16.9. The highest BCUT2D eigenvalue weighted by atomic mass is 16.5. The van der Waals surface area contributed by atoms with Crippen LogP contribution in [0.1, 0.15) is 90.4 Å². The number of amides is 2. The Hall–Kier alpha value is -2.73. The van der Waals surface area contributed by atoms with E-state index in [1.807, 2.05) is 33.8 Å². The maximum absolute atomic E-state index is 13.3. The van der Waals surface area contributed by atoms with Crippen molar-refractivity contribution in [2.45, 2.75) is 104 Å². The van der Waals surface area contributed by atoms with Gasteiger partial charge in [0.1, 0.15) is 17.9 Å². The summed E-state index contributed by atoms with van der Waals surface area (Å²) in [5.74, 6) is 0.106. The standard InChI is InChI=1S/C35H60N4O7/c1-22(2)24(20-38-32(41)27-11-8-9-12-30(27)45-18-10-17-44-7)19-28(36)29(40)21-39-34(43)35(5,6)25-13-15-26(16-14-25)46-33(42)31(37)23(3)4/h8-9,11-12,22-26,28-29,31,40H,10,13-21,36-37H2,1-7H3,(H,38,41)(H,39,43)/t24?,25-,26-,28-,29-,31-/m0/s1. The van der Waals surface area contributed by atoms with E-state index in [0.717, 1.165) is 12.8 Å². The SMILES string of the molecule is COCCCOc1ccccc1C(=O)NCC(C[C@H](N)[C@@H](O)CNC(=O)C(C)(C)[C@H]1CC[C@H](OC(=O)[C@@H](N)C(C)C)CC1)C(C)C. The molecular weight excluding hydrogens is 588 g/mol. The number of hydrogen-bond donors (Lipinski definition) is 5. The zero-order chi connectivity index (χ0) is 34.4.